The van der Waals surface area contributed by atoms with E-state index in [-0.39, 0.29) is 5.54 Å². The van der Waals surface area contributed by atoms with Crippen LogP contribution in [0.1, 0.15) is 32.1 Å². The second-order valence-electron chi connectivity index (χ2n) is 8.54. The molecular weight excluding hydrogens is 366 g/mol. The van der Waals surface area contributed by atoms with Gasteiger partial charge < -0.3 is 15.1 Å². The molecule has 3 nitrogen and oxygen atoms in total. The summed E-state index contributed by atoms with van der Waals surface area (Å²) in [5.41, 5.74) is 2.55. The quantitative estimate of drug-likeness (QED) is 0.708. The van der Waals surface area contributed by atoms with E-state index in [1.807, 2.05) is 12.1 Å². The molecule has 2 atom stereocenters. The normalized spacial score (nSPS) is 26.3. The zero-order chi connectivity index (χ0) is 19.7. The number of benzene rings is 2. The minimum atomic E-state index is -0.0366. The molecule has 0 aliphatic carbocycles. The number of rotatable bonds is 5. The van der Waals surface area contributed by atoms with Crippen LogP contribution in [0.25, 0.3) is 10.8 Å². The van der Waals surface area contributed by atoms with Gasteiger partial charge in [0.25, 0.3) is 0 Å². The monoisotopic (exact) mass is 397 g/mol. The second-order valence-corrected chi connectivity index (χ2v) is 8.94. The van der Waals surface area contributed by atoms with Crippen molar-refractivity contribution < 1.29 is 0 Å². The van der Waals surface area contributed by atoms with E-state index in [9.17, 15) is 0 Å². The maximum absolute atomic E-state index is 6.61. The summed E-state index contributed by atoms with van der Waals surface area (Å²) >= 11 is 6.61. The molecule has 4 heteroatoms. The van der Waals surface area contributed by atoms with E-state index < -0.39 is 0 Å². The average molecular weight is 398 g/mol. The van der Waals surface area contributed by atoms with E-state index >= 15 is 0 Å². The fourth-order valence-electron chi connectivity index (χ4n) is 5.16. The number of fused-ring (bicyclic) bond motifs is 1. The Morgan fingerprint density at radius 3 is 2.71 bits per heavy atom. The Bertz CT molecular complexity index is 859. The Kier molecular flexibility index (Phi) is 5.69. The predicted molar refractivity (Wildman–Crippen MR) is 122 cm³/mol. The summed E-state index contributed by atoms with van der Waals surface area (Å²) in [6.45, 7) is 7.66. The lowest BCUT2D eigenvalue weighted by molar-refractivity contribution is 0.255. The van der Waals surface area contributed by atoms with E-state index in [1.165, 1.54) is 47.8 Å². The zero-order valence-corrected chi connectivity index (χ0v) is 17.9. The lowest BCUT2D eigenvalue weighted by atomic mass is 9.79. The minimum Gasteiger partial charge on any atom is -0.368 e. The van der Waals surface area contributed by atoms with Crippen LogP contribution in [0, 0.1) is 0 Å². The van der Waals surface area contributed by atoms with Crippen LogP contribution in [0.5, 0.6) is 0 Å². The summed E-state index contributed by atoms with van der Waals surface area (Å²) in [5, 5.41) is 6.88. The molecule has 2 saturated heterocycles. The maximum atomic E-state index is 6.61. The largest absolute Gasteiger partial charge is 0.368 e. The number of hydrogen-bond donors (Lipinski definition) is 1. The fourth-order valence-corrected chi connectivity index (χ4v) is 5.44. The van der Waals surface area contributed by atoms with Gasteiger partial charge in [0, 0.05) is 30.2 Å². The SMILES string of the molecule is C=C1CCN(c2cccc3cccc(Cl)c23)CC1(CCC1CCCN1C)NC. The highest BCUT2D eigenvalue weighted by Crippen LogP contribution is 2.38. The van der Waals surface area contributed by atoms with Gasteiger partial charge in [0.1, 0.15) is 0 Å². The van der Waals surface area contributed by atoms with Crippen LogP contribution in [0.15, 0.2) is 48.6 Å². The topological polar surface area (TPSA) is 18.5 Å². The number of nitrogens with one attached hydrogen (secondary N) is 1. The molecule has 0 aromatic heterocycles. The summed E-state index contributed by atoms with van der Waals surface area (Å²) in [4.78, 5) is 5.04. The van der Waals surface area contributed by atoms with Crippen LogP contribution < -0.4 is 10.2 Å². The Morgan fingerprint density at radius 2 is 2.00 bits per heavy atom. The molecule has 1 N–H and O–H groups in total. The van der Waals surface area contributed by atoms with Gasteiger partial charge in [0.15, 0.2) is 0 Å². The van der Waals surface area contributed by atoms with E-state index in [0.717, 1.165) is 31.0 Å². The molecule has 0 radical (unpaired) electrons. The standard InChI is InChI=1S/C24H32ClN3/c1-18-13-16-28(22-11-5-8-19-7-4-10-21(25)23(19)22)17-24(18,26-2)14-12-20-9-6-15-27(20)3/h4-5,7-8,10-11,20,26H,1,6,9,12-17H2,2-3H3. The average Bonchev–Trinajstić information content (AvgIpc) is 3.12. The van der Waals surface area contributed by atoms with Crippen molar-refractivity contribution in [2.24, 2.45) is 0 Å². The molecule has 0 spiro atoms. The summed E-state index contributed by atoms with van der Waals surface area (Å²) < 4.78 is 0. The summed E-state index contributed by atoms with van der Waals surface area (Å²) in [6.07, 6.45) is 6.02. The predicted octanol–water partition coefficient (Wildman–Crippen LogP) is 5.09. The van der Waals surface area contributed by atoms with Gasteiger partial charge in [-0.15, -0.1) is 0 Å². The maximum Gasteiger partial charge on any atom is 0.0568 e. The number of hydrogen-bond acceptors (Lipinski definition) is 3. The zero-order valence-electron chi connectivity index (χ0n) is 17.2. The smallest absolute Gasteiger partial charge is 0.0568 e. The number of likely N-dealkylation sites (tertiary alicyclic amines) is 1. The number of anilines is 1. The molecule has 2 heterocycles. The van der Waals surface area contributed by atoms with Crippen LogP contribution in [-0.4, -0.2) is 50.2 Å². The first kappa shape index (κ1) is 19.8. The first-order chi connectivity index (χ1) is 13.5. The number of nitrogens with zero attached hydrogens (tertiary/aromatic N) is 2. The van der Waals surface area contributed by atoms with Crippen LogP contribution in [0.4, 0.5) is 5.69 Å². The highest BCUT2D eigenvalue weighted by atomic mass is 35.5. The van der Waals surface area contributed by atoms with Gasteiger partial charge in [-0.25, -0.2) is 0 Å². The van der Waals surface area contributed by atoms with Gasteiger partial charge in [0.2, 0.25) is 0 Å². The Labute approximate surface area is 174 Å². The molecule has 4 rings (SSSR count). The molecule has 2 aliphatic rings. The lowest BCUT2D eigenvalue weighted by Gasteiger charge is -2.46. The van der Waals surface area contributed by atoms with Crippen molar-refractivity contribution in [1.29, 1.82) is 0 Å². The molecule has 0 saturated carbocycles. The van der Waals surface area contributed by atoms with Crippen LogP contribution in [0.2, 0.25) is 5.02 Å². The molecule has 0 bridgehead atoms. The first-order valence-corrected chi connectivity index (χ1v) is 10.9. The van der Waals surface area contributed by atoms with Crippen LogP contribution in [0.3, 0.4) is 0 Å². The minimum absolute atomic E-state index is 0.0366. The highest BCUT2D eigenvalue weighted by molar-refractivity contribution is 6.36. The third-order valence-electron chi connectivity index (χ3n) is 7.05. The number of piperidine rings is 1. The van der Waals surface area contributed by atoms with Gasteiger partial charge in [-0.1, -0.05) is 48.0 Å². The summed E-state index contributed by atoms with van der Waals surface area (Å²) in [7, 11) is 4.37. The Hall–Kier alpha value is -1.55. The van der Waals surface area contributed by atoms with Crippen molar-refractivity contribution in [3.05, 3.63) is 53.6 Å². The molecular formula is C24H32ClN3. The second kappa shape index (κ2) is 8.06. The van der Waals surface area contributed by atoms with Gasteiger partial charge >= 0.3 is 0 Å². The Balaban J connectivity index is 1.61. The van der Waals surface area contributed by atoms with Gasteiger partial charge in [-0.3, -0.25) is 0 Å². The van der Waals surface area contributed by atoms with E-state index in [4.69, 9.17) is 11.6 Å². The Morgan fingerprint density at radius 1 is 1.21 bits per heavy atom. The van der Waals surface area contributed by atoms with Gasteiger partial charge in [-0.05, 0) is 70.3 Å². The molecule has 2 fully saturated rings. The van der Waals surface area contributed by atoms with Crippen molar-refractivity contribution >= 4 is 28.1 Å². The van der Waals surface area contributed by atoms with Crippen molar-refractivity contribution in [2.75, 3.05) is 38.6 Å². The molecule has 150 valence electrons. The summed E-state index contributed by atoms with van der Waals surface area (Å²) in [6, 6.07) is 13.4. The van der Waals surface area contributed by atoms with Crippen molar-refractivity contribution in [1.82, 2.24) is 10.2 Å². The van der Waals surface area contributed by atoms with Crippen molar-refractivity contribution in [3.8, 4) is 0 Å². The number of likely N-dealkylation sites (N-methyl/N-ethyl adjacent to an activating group) is 1. The van der Waals surface area contributed by atoms with Crippen LogP contribution in [-0.2, 0) is 0 Å². The van der Waals surface area contributed by atoms with Crippen molar-refractivity contribution in [3.63, 3.8) is 0 Å². The first-order valence-electron chi connectivity index (χ1n) is 10.5. The molecule has 2 unspecified atom stereocenters. The molecule has 0 amide bonds. The van der Waals surface area contributed by atoms with Crippen molar-refractivity contribution in [2.45, 2.75) is 43.7 Å². The molecule has 2 aliphatic heterocycles. The van der Waals surface area contributed by atoms with Crippen LogP contribution >= 0.6 is 11.6 Å². The van der Waals surface area contributed by atoms with Gasteiger partial charge in [-0.2, -0.15) is 0 Å². The highest BCUT2D eigenvalue weighted by Gasteiger charge is 2.38. The van der Waals surface area contributed by atoms with E-state index in [1.54, 1.807) is 0 Å². The van der Waals surface area contributed by atoms with E-state index in [2.05, 4.69) is 60.1 Å². The molecule has 2 aromatic rings. The third-order valence-corrected chi connectivity index (χ3v) is 7.36. The third kappa shape index (κ3) is 3.56. The summed E-state index contributed by atoms with van der Waals surface area (Å²) in [5.74, 6) is 0. The fraction of sp³-hybridized carbons (Fsp3) is 0.500. The lowest BCUT2D eigenvalue weighted by Crippen LogP contribution is -2.57. The van der Waals surface area contributed by atoms with E-state index in [0.29, 0.717) is 6.04 Å². The number of halogens is 1. The van der Waals surface area contributed by atoms with Gasteiger partial charge in [0.05, 0.1) is 10.6 Å². The molecule has 28 heavy (non-hydrogen) atoms. The molecule has 2 aromatic carbocycles.